The van der Waals surface area contributed by atoms with Crippen molar-refractivity contribution >= 4 is 63.3 Å². The third-order valence-corrected chi connectivity index (χ3v) is 4.91. The van der Waals surface area contributed by atoms with E-state index < -0.39 is 18.5 Å². The van der Waals surface area contributed by atoms with Gasteiger partial charge in [-0.15, -0.1) is 0 Å². The van der Waals surface area contributed by atoms with Gasteiger partial charge in [0.2, 0.25) is 0 Å². The van der Waals surface area contributed by atoms with Crippen molar-refractivity contribution in [3.8, 4) is 0 Å². The van der Waals surface area contributed by atoms with Crippen molar-refractivity contribution in [2.75, 3.05) is 11.9 Å². The summed E-state index contributed by atoms with van der Waals surface area (Å²) in [5, 5.41) is 3.63. The van der Waals surface area contributed by atoms with Gasteiger partial charge in [0.1, 0.15) is 5.82 Å². The second-order valence-electron chi connectivity index (χ2n) is 5.98. The Hall–Kier alpha value is -2.61. The van der Waals surface area contributed by atoms with Gasteiger partial charge in [0.25, 0.3) is 11.5 Å². The first-order chi connectivity index (χ1) is 13.8. The lowest BCUT2D eigenvalue weighted by molar-refractivity contribution is -0.147. The topological polar surface area (TPSA) is 101 Å². The summed E-state index contributed by atoms with van der Waals surface area (Å²) in [6.07, 6.45) is 0.112. The lowest BCUT2D eigenvalue weighted by atomic mass is 10.2. The van der Waals surface area contributed by atoms with Crippen LogP contribution in [-0.2, 0) is 20.7 Å². The van der Waals surface area contributed by atoms with E-state index in [1.54, 1.807) is 24.3 Å². The maximum absolute atomic E-state index is 12.0. The molecule has 0 aliphatic carbocycles. The van der Waals surface area contributed by atoms with Crippen molar-refractivity contribution in [2.24, 2.45) is 0 Å². The van der Waals surface area contributed by atoms with Crippen molar-refractivity contribution < 1.29 is 14.3 Å². The molecule has 0 spiro atoms. The molecule has 1 heterocycles. The molecule has 3 aromatic rings. The van der Waals surface area contributed by atoms with Gasteiger partial charge in [-0.2, -0.15) is 0 Å². The van der Waals surface area contributed by atoms with Gasteiger partial charge in [0.15, 0.2) is 6.61 Å². The molecular formula is C19H14Cl3N3O4. The Labute approximate surface area is 179 Å². The average molecular weight is 455 g/mol. The SMILES string of the molecule is O=C(COC(=O)CCc1nc2ccccc2c(=O)[nH]1)Nc1cc(Cl)c(Cl)cc1Cl. The summed E-state index contributed by atoms with van der Waals surface area (Å²) in [7, 11) is 0. The van der Waals surface area contributed by atoms with Crippen LogP contribution in [0.1, 0.15) is 12.2 Å². The molecule has 10 heteroatoms. The number of nitrogens with zero attached hydrogens (tertiary/aromatic N) is 1. The quantitative estimate of drug-likeness (QED) is 0.433. The summed E-state index contributed by atoms with van der Waals surface area (Å²) in [4.78, 5) is 42.8. The Morgan fingerprint density at radius 2 is 1.79 bits per heavy atom. The minimum atomic E-state index is -0.615. The zero-order valence-electron chi connectivity index (χ0n) is 14.8. The number of fused-ring (bicyclic) bond motifs is 1. The summed E-state index contributed by atoms with van der Waals surface area (Å²) in [6, 6.07) is 9.68. The molecular weight excluding hydrogens is 441 g/mol. The third kappa shape index (κ3) is 5.47. The fraction of sp³-hybridized carbons (Fsp3) is 0.158. The van der Waals surface area contributed by atoms with E-state index in [2.05, 4.69) is 15.3 Å². The monoisotopic (exact) mass is 453 g/mol. The molecule has 3 rings (SSSR count). The van der Waals surface area contributed by atoms with Crippen LogP contribution in [-0.4, -0.2) is 28.5 Å². The highest BCUT2D eigenvalue weighted by Crippen LogP contribution is 2.32. The Kier molecular flexibility index (Phi) is 6.74. The van der Waals surface area contributed by atoms with E-state index >= 15 is 0 Å². The predicted molar refractivity (Wildman–Crippen MR) is 112 cm³/mol. The van der Waals surface area contributed by atoms with Crippen LogP contribution in [0.4, 0.5) is 5.69 Å². The van der Waals surface area contributed by atoms with Gasteiger partial charge in [0, 0.05) is 6.42 Å². The van der Waals surface area contributed by atoms with Gasteiger partial charge < -0.3 is 15.0 Å². The van der Waals surface area contributed by atoms with Crippen molar-refractivity contribution in [3.63, 3.8) is 0 Å². The maximum atomic E-state index is 12.0. The van der Waals surface area contributed by atoms with E-state index in [4.69, 9.17) is 39.5 Å². The first-order valence-electron chi connectivity index (χ1n) is 8.41. The Morgan fingerprint density at radius 1 is 1.07 bits per heavy atom. The van der Waals surface area contributed by atoms with Crippen molar-refractivity contribution in [1.29, 1.82) is 0 Å². The Morgan fingerprint density at radius 3 is 2.59 bits per heavy atom. The molecule has 0 aliphatic heterocycles. The molecule has 0 fully saturated rings. The van der Waals surface area contributed by atoms with Crippen LogP contribution >= 0.6 is 34.8 Å². The fourth-order valence-corrected chi connectivity index (χ4v) is 3.09. The van der Waals surface area contributed by atoms with Gasteiger partial charge in [-0.05, 0) is 24.3 Å². The number of carbonyl (C=O) groups is 2. The molecule has 7 nitrogen and oxygen atoms in total. The van der Waals surface area contributed by atoms with E-state index in [1.165, 1.54) is 12.1 Å². The molecule has 0 bridgehead atoms. The number of aromatic amines is 1. The molecule has 2 N–H and O–H groups in total. The summed E-state index contributed by atoms with van der Waals surface area (Å²) in [5.41, 5.74) is 0.509. The number of halogens is 3. The smallest absolute Gasteiger partial charge is 0.306 e. The number of carbonyl (C=O) groups excluding carboxylic acids is 2. The van der Waals surface area contributed by atoms with E-state index in [-0.39, 0.29) is 39.2 Å². The highest BCUT2D eigenvalue weighted by Gasteiger charge is 2.13. The van der Waals surface area contributed by atoms with Crippen LogP contribution in [0.25, 0.3) is 10.9 Å². The van der Waals surface area contributed by atoms with Crippen LogP contribution in [0.5, 0.6) is 0 Å². The number of anilines is 1. The van der Waals surface area contributed by atoms with Crippen LogP contribution < -0.4 is 10.9 Å². The second kappa shape index (κ2) is 9.26. The normalized spacial score (nSPS) is 10.7. The van der Waals surface area contributed by atoms with Gasteiger partial charge in [0.05, 0.1) is 38.1 Å². The number of H-pyrrole nitrogens is 1. The number of rotatable bonds is 6. The number of aryl methyl sites for hydroxylation is 1. The van der Waals surface area contributed by atoms with Crippen molar-refractivity contribution in [3.05, 3.63) is 67.6 Å². The first-order valence-corrected chi connectivity index (χ1v) is 9.55. The summed E-state index contributed by atoms with van der Waals surface area (Å²) in [6.45, 7) is -0.503. The molecule has 0 aliphatic rings. The molecule has 29 heavy (non-hydrogen) atoms. The van der Waals surface area contributed by atoms with Crippen LogP contribution in [0.2, 0.25) is 15.1 Å². The number of hydrogen-bond donors (Lipinski definition) is 2. The van der Waals surface area contributed by atoms with Crippen LogP contribution in [0, 0.1) is 0 Å². The number of aromatic nitrogens is 2. The number of amides is 1. The third-order valence-electron chi connectivity index (χ3n) is 3.88. The van der Waals surface area contributed by atoms with Gasteiger partial charge >= 0.3 is 5.97 Å². The highest BCUT2D eigenvalue weighted by atomic mass is 35.5. The lowest BCUT2D eigenvalue weighted by Gasteiger charge is -2.09. The molecule has 0 saturated heterocycles. The minimum absolute atomic E-state index is 0.0535. The number of benzene rings is 2. The number of ether oxygens (including phenoxy) is 1. The number of nitrogens with one attached hydrogen (secondary N) is 2. The fourth-order valence-electron chi connectivity index (χ4n) is 2.50. The minimum Gasteiger partial charge on any atom is -0.456 e. The Balaban J connectivity index is 1.52. The van der Waals surface area contributed by atoms with Crippen LogP contribution in [0.3, 0.4) is 0 Å². The van der Waals surface area contributed by atoms with Crippen molar-refractivity contribution in [2.45, 2.75) is 12.8 Å². The summed E-state index contributed by atoms with van der Waals surface area (Å²) >= 11 is 17.7. The van der Waals surface area contributed by atoms with Crippen molar-refractivity contribution in [1.82, 2.24) is 9.97 Å². The first kappa shape index (κ1) is 21.1. The molecule has 0 atom stereocenters. The number of esters is 1. The summed E-state index contributed by atoms with van der Waals surface area (Å²) in [5.74, 6) is -0.843. The zero-order chi connectivity index (χ0) is 21.0. The van der Waals surface area contributed by atoms with E-state index in [0.717, 1.165) is 0 Å². The van der Waals surface area contributed by atoms with Gasteiger partial charge in [-0.25, -0.2) is 4.98 Å². The summed E-state index contributed by atoms with van der Waals surface area (Å²) < 4.78 is 4.94. The standard InChI is InChI=1S/C19H14Cl3N3O4/c20-11-7-13(22)15(8-12(11)21)24-17(26)9-29-18(27)6-5-16-23-14-4-2-1-3-10(14)19(28)25-16/h1-4,7-8H,5-6,9H2,(H,24,26)(H,23,25,28). The second-order valence-corrected chi connectivity index (χ2v) is 7.21. The molecule has 0 unspecified atom stereocenters. The van der Waals surface area contributed by atoms with Gasteiger partial charge in [-0.1, -0.05) is 46.9 Å². The Bertz CT molecular complexity index is 1150. The predicted octanol–water partition coefficient (Wildman–Crippen LogP) is 4.00. The van der Waals surface area contributed by atoms with E-state index in [0.29, 0.717) is 16.7 Å². The lowest BCUT2D eigenvalue weighted by Crippen LogP contribution is -2.21. The molecule has 150 valence electrons. The number of para-hydroxylation sites is 1. The van der Waals surface area contributed by atoms with Gasteiger partial charge in [-0.3, -0.25) is 14.4 Å². The van der Waals surface area contributed by atoms with E-state index in [1.807, 2.05) is 0 Å². The zero-order valence-corrected chi connectivity index (χ0v) is 17.1. The molecule has 0 radical (unpaired) electrons. The molecule has 0 saturated carbocycles. The largest absolute Gasteiger partial charge is 0.456 e. The molecule has 1 aromatic heterocycles. The molecule has 1 amide bonds. The average Bonchev–Trinajstić information content (AvgIpc) is 2.69. The molecule has 2 aromatic carbocycles. The highest BCUT2D eigenvalue weighted by molar-refractivity contribution is 6.44. The maximum Gasteiger partial charge on any atom is 0.306 e. The van der Waals surface area contributed by atoms with Crippen LogP contribution in [0.15, 0.2) is 41.2 Å². The number of hydrogen-bond acceptors (Lipinski definition) is 5. The van der Waals surface area contributed by atoms with E-state index in [9.17, 15) is 14.4 Å².